The molecule has 8 nitrogen and oxygen atoms in total. The number of amides is 1. The minimum absolute atomic E-state index is 0.259. The smallest absolute Gasteiger partial charge is 0.257 e. The second-order valence-electron chi connectivity index (χ2n) is 9.92. The topological polar surface area (TPSA) is 73.8 Å². The maximum absolute atomic E-state index is 15.7. The van der Waals surface area contributed by atoms with Crippen molar-refractivity contribution in [3.63, 3.8) is 0 Å². The van der Waals surface area contributed by atoms with Crippen molar-refractivity contribution in [3.8, 4) is 11.1 Å². The molecule has 0 bridgehead atoms. The standard InChI is InChI=1S/C28H32ClFN6O2/c1-18-16-36(17-19(2)34(18)3)26-13-24(30)22(12-25(26)33-27(37)21-6-4-5-7-23(21)29)20-14-31-28(32-15-20)35-8-10-38-11-9-35/h4-7,12-15,18-19H,8-11,16-17H2,1-3H3,(H,33,37). The number of halogens is 2. The summed E-state index contributed by atoms with van der Waals surface area (Å²) in [6.45, 7) is 8.35. The Balaban J connectivity index is 1.51. The predicted molar refractivity (Wildman–Crippen MR) is 149 cm³/mol. The van der Waals surface area contributed by atoms with E-state index < -0.39 is 5.82 Å². The number of likely N-dealkylation sites (N-methyl/N-ethyl adjacent to an activating group) is 1. The number of aromatic nitrogens is 2. The Kier molecular flexibility index (Phi) is 7.78. The van der Waals surface area contributed by atoms with Crippen LogP contribution in [-0.4, -0.2) is 79.3 Å². The molecule has 3 heterocycles. The van der Waals surface area contributed by atoms with Crippen molar-refractivity contribution in [3.05, 3.63) is 65.2 Å². The first-order valence-electron chi connectivity index (χ1n) is 12.8. The molecule has 2 aliphatic rings. The first kappa shape index (κ1) is 26.3. The van der Waals surface area contributed by atoms with Gasteiger partial charge in [-0.1, -0.05) is 23.7 Å². The normalized spacial score (nSPS) is 20.4. The molecule has 2 atom stereocenters. The fraction of sp³-hybridized carbons (Fsp3) is 0.393. The van der Waals surface area contributed by atoms with Gasteiger partial charge in [-0.25, -0.2) is 14.4 Å². The highest BCUT2D eigenvalue weighted by atomic mass is 35.5. The fourth-order valence-corrected chi connectivity index (χ4v) is 5.19. The Morgan fingerprint density at radius 2 is 1.71 bits per heavy atom. The molecule has 0 aliphatic carbocycles. The molecule has 2 fully saturated rings. The highest BCUT2D eigenvalue weighted by Crippen LogP contribution is 2.36. The van der Waals surface area contributed by atoms with Crippen molar-refractivity contribution >= 4 is 34.8 Å². The van der Waals surface area contributed by atoms with Crippen LogP contribution < -0.4 is 15.1 Å². The third-order valence-corrected chi connectivity index (χ3v) is 7.73. The second-order valence-corrected chi connectivity index (χ2v) is 10.3. The summed E-state index contributed by atoms with van der Waals surface area (Å²) in [7, 11) is 2.09. The van der Waals surface area contributed by atoms with Crippen LogP contribution in [0.2, 0.25) is 5.02 Å². The van der Waals surface area contributed by atoms with E-state index in [9.17, 15) is 4.79 Å². The first-order valence-corrected chi connectivity index (χ1v) is 13.2. The van der Waals surface area contributed by atoms with Gasteiger partial charge in [0.25, 0.3) is 5.91 Å². The molecule has 0 spiro atoms. The second kappa shape index (κ2) is 11.2. The van der Waals surface area contributed by atoms with E-state index in [1.807, 2.05) is 4.90 Å². The molecule has 0 saturated carbocycles. The van der Waals surface area contributed by atoms with Crippen LogP contribution in [0, 0.1) is 5.82 Å². The molecule has 1 N–H and O–H groups in total. The molecule has 2 aliphatic heterocycles. The zero-order valence-electron chi connectivity index (χ0n) is 21.8. The van der Waals surface area contributed by atoms with Crippen molar-refractivity contribution in [2.45, 2.75) is 25.9 Å². The monoisotopic (exact) mass is 538 g/mol. The number of carbonyl (C=O) groups is 1. The average molecular weight is 539 g/mol. The van der Waals surface area contributed by atoms with E-state index in [1.54, 1.807) is 42.7 Å². The minimum Gasteiger partial charge on any atom is -0.378 e. The van der Waals surface area contributed by atoms with Gasteiger partial charge in [0.05, 0.1) is 35.2 Å². The van der Waals surface area contributed by atoms with Crippen LogP contribution in [0.15, 0.2) is 48.8 Å². The van der Waals surface area contributed by atoms with Gasteiger partial charge in [-0.3, -0.25) is 9.69 Å². The van der Waals surface area contributed by atoms with E-state index >= 15 is 4.39 Å². The maximum Gasteiger partial charge on any atom is 0.257 e. The van der Waals surface area contributed by atoms with Crippen LogP contribution in [0.25, 0.3) is 11.1 Å². The van der Waals surface area contributed by atoms with E-state index in [4.69, 9.17) is 16.3 Å². The molecule has 0 radical (unpaired) electrons. The van der Waals surface area contributed by atoms with Gasteiger partial charge in [0, 0.05) is 61.8 Å². The number of carbonyl (C=O) groups excluding carboxylic acids is 1. The number of hydrogen-bond donors (Lipinski definition) is 1. The number of piperazine rings is 1. The summed E-state index contributed by atoms with van der Waals surface area (Å²) in [6, 6.07) is 10.6. The summed E-state index contributed by atoms with van der Waals surface area (Å²) >= 11 is 6.29. The number of morpholine rings is 1. The Morgan fingerprint density at radius 3 is 2.37 bits per heavy atom. The highest BCUT2D eigenvalue weighted by molar-refractivity contribution is 6.34. The summed E-state index contributed by atoms with van der Waals surface area (Å²) in [5.41, 5.74) is 2.33. The van der Waals surface area contributed by atoms with Crippen molar-refractivity contribution in [2.75, 3.05) is 61.6 Å². The Labute approximate surface area is 227 Å². The number of nitrogens with zero attached hydrogens (tertiary/aromatic N) is 5. The minimum atomic E-state index is -0.405. The summed E-state index contributed by atoms with van der Waals surface area (Å²) < 4.78 is 21.1. The molecule has 38 heavy (non-hydrogen) atoms. The molecule has 200 valence electrons. The van der Waals surface area contributed by atoms with Crippen LogP contribution in [0.4, 0.5) is 21.7 Å². The van der Waals surface area contributed by atoms with Gasteiger partial charge < -0.3 is 19.9 Å². The van der Waals surface area contributed by atoms with E-state index in [0.717, 1.165) is 0 Å². The molecule has 2 aromatic carbocycles. The molecule has 10 heteroatoms. The Bertz CT molecular complexity index is 1290. The van der Waals surface area contributed by atoms with E-state index in [1.165, 1.54) is 6.07 Å². The SMILES string of the molecule is CC1CN(c2cc(F)c(-c3cnc(N4CCOCC4)nc3)cc2NC(=O)c2ccccc2Cl)CC(C)N1C. The maximum atomic E-state index is 15.7. The summed E-state index contributed by atoms with van der Waals surface area (Å²) in [6.07, 6.45) is 3.24. The highest BCUT2D eigenvalue weighted by Gasteiger charge is 2.29. The van der Waals surface area contributed by atoms with E-state index in [2.05, 4.69) is 46.0 Å². The molecule has 2 unspecified atom stereocenters. The predicted octanol–water partition coefficient (Wildman–Crippen LogP) is 4.55. The first-order chi connectivity index (χ1) is 18.3. The van der Waals surface area contributed by atoms with Gasteiger partial charge in [0.15, 0.2) is 0 Å². The largest absolute Gasteiger partial charge is 0.378 e. The molecule has 1 aromatic heterocycles. The Morgan fingerprint density at radius 1 is 1.05 bits per heavy atom. The van der Waals surface area contributed by atoms with Gasteiger partial charge in [-0.2, -0.15) is 0 Å². The van der Waals surface area contributed by atoms with Gasteiger partial charge in [0.2, 0.25) is 5.95 Å². The summed E-state index contributed by atoms with van der Waals surface area (Å²) in [5.74, 6) is -0.178. The third-order valence-electron chi connectivity index (χ3n) is 7.40. The number of anilines is 3. The van der Waals surface area contributed by atoms with E-state index in [0.29, 0.717) is 78.4 Å². The van der Waals surface area contributed by atoms with Gasteiger partial charge in [0.1, 0.15) is 5.82 Å². The zero-order chi connectivity index (χ0) is 26.8. The van der Waals surface area contributed by atoms with Gasteiger partial charge in [-0.15, -0.1) is 0 Å². The Hall–Kier alpha value is -3.27. The van der Waals surface area contributed by atoms with Gasteiger partial charge >= 0.3 is 0 Å². The molecule has 2 saturated heterocycles. The van der Waals surface area contributed by atoms with Crippen LogP contribution in [-0.2, 0) is 4.74 Å². The molecule has 1 amide bonds. The number of hydrogen-bond acceptors (Lipinski definition) is 7. The molecular formula is C28H32ClFN6O2. The zero-order valence-corrected chi connectivity index (χ0v) is 22.6. The summed E-state index contributed by atoms with van der Waals surface area (Å²) in [5, 5.41) is 3.35. The van der Waals surface area contributed by atoms with Gasteiger partial charge in [-0.05, 0) is 45.2 Å². The average Bonchev–Trinajstić information content (AvgIpc) is 2.93. The van der Waals surface area contributed by atoms with Crippen LogP contribution >= 0.6 is 11.6 Å². The van der Waals surface area contributed by atoms with Crippen LogP contribution in [0.3, 0.4) is 0 Å². The van der Waals surface area contributed by atoms with Crippen LogP contribution in [0.1, 0.15) is 24.2 Å². The van der Waals surface area contributed by atoms with Crippen molar-refractivity contribution in [1.29, 1.82) is 0 Å². The lowest BCUT2D eigenvalue weighted by Gasteiger charge is -2.44. The lowest BCUT2D eigenvalue weighted by Crippen LogP contribution is -2.55. The quantitative estimate of drug-likeness (QED) is 0.510. The van der Waals surface area contributed by atoms with Crippen molar-refractivity contribution in [2.24, 2.45) is 0 Å². The molecule has 5 rings (SSSR count). The fourth-order valence-electron chi connectivity index (χ4n) is 4.97. The number of benzene rings is 2. The number of nitrogens with one attached hydrogen (secondary N) is 1. The number of ether oxygens (including phenoxy) is 1. The lowest BCUT2D eigenvalue weighted by atomic mass is 10.0. The van der Waals surface area contributed by atoms with Crippen molar-refractivity contribution < 1.29 is 13.9 Å². The lowest BCUT2D eigenvalue weighted by molar-refractivity contribution is 0.102. The molecule has 3 aromatic rings. The summed E-state index contributed by atoms with van der Waals surface area (Å²) in [4.78, 5) is 28.7. The van der Waals surface area contributed by atoms with Crippen LogP contribution in [0.5, 0.6) is 0 Å². The van der Waals surface area contributed by atoms with Crippen molar-refractivity contribution in [1.82, 2.24) is 14.9 Å². The number of rotatable bonds is 5. The molecular weight excluding hydrogens is 507 g/mol. The van der Waals surface area contributed by atoms with E-state index in [-0.39, 0.29) is 18.0 Å². The third kappa shape index (κ3) is 5.45.